The molecule has 0 saturated heterocycles. The molecule has 0 aliphatic heterocycles. The average Bonchev–Trinajstić information content (AvgIpc) is 2.24. The molecule has 0 bridgehead atoms. The molecule has 0 aromatic heterocycles. The van der Waals surface area contributed by atoms with Crippen LogP contribution in [0.25, 0.3) is 0 Å². The van der Waals surface area contributed by atoms with Gasteiger partial charge in [-0.15, -0.1) is 0 Å². The van der Waals surface area contributed by atoms with Crippen molar-refractivity contribution in [3.63, 3.8) is 0 Å². The highest BCUT2D eigenvalue weighted by Gasteiger charge is 2.04. The van der Waals surface area contributed by atoms with Crippen molar-refractivity contribution in [3.8, 4) is 0 Å². The number of nitrogens with zero attached hydrogens (tertiary/aromatic N) is 1. The monoisotopic (exact) mass is 235 g/mol. The molecule has 0 fully saturated rings. The van der Waals surface area contributed by atoms with E-state index in [-0.39, 0.29) is 0 Å². The molecule has 0 aliphatic carbocycles. The molecule has 1 heteroatoms. The Bertz CT molecular complexity index is 291. The summed E-state index contributed by atoms with van der Waals surface area (Å²) in [6.45, 7) is 16.0. The van der Waals surface area contributed by atoms with E-state index >= 15 is 0 Å². The van der Waals surface area contributed by atoms with Crippen LogP contribution in [0.15, 0.2) is 35.6 Å². The second kappa shape index (κ2) is 8.16. The van der Waals surface area contributed by atoms with Gasteiger partial charge in [-0.05, 0) is 39.5 Å². The van der Waals surface area contributed by atoms with E-state index in [2.05, 4.69) is 65.3 Å². The third-order valence-corrected chi connectivity index (χ3v) is 2.96. The lowest BCUT2D eigenvalue weighted by atomic mass is 10.1. The minimum Gasteiger partial charge on any atom is -0.374 e. The molecule has 0 spiro atoms. The van der Waals surface area contributed by atoms with Gasteiger partial charge in [0.1, 0.15) is 0 Å². The molecule has 98 valence electrons. The van der Waals surface area contributed by atoms with E-state index in [4.69, 9.17) is 0 Å². The fourth-order valence-corrected chi connectivity index (χ4v) is 1.54. The first-order valence-corrected chi connectivity index (χ1v) is 6.53. The first kappa shape index (κ1) is 16.0. The molecule has 0 saturated carbocycles. The summed E-state index contributed by atoms with van der Waals surface area (Å²) in [5.41, 5.74) is 4.08. The fraction of sp³-hybridized carbons (Fsp3) is 0.625. The Morgan fingerprint density at radius 3 is 2.24 bits per heavy atom. The molecular weight excluding hydrogens is 206 g/mol. The Hall–Kier alpha value is -0.980. The smallest absolute Gasteiger partial charge is 0.0355 e. The quantitative estimate of drug-likeness (QED) is 0.574. The number of allylic oxidation sites excluding steroid dienone is 4. The summed E-state index contributed by atoms with van der Waals surface area (Å²) >= 11 is 0. The normalized spacial score (nSPS) is 11.6. The molecule has 0 aliphatic rings. The van der Waals surface area contributed by atoms with Crippen molar-refractivity contribution in [3.05, 3.63) is 35.6 Å². The third-order valence-electron chi connectivity index (χ3n) is 2.96. The van der Waals surface area contributed by atoms with Crippen LogP contribution in [-0.4, -0.2) is 18.5 Å². The largest absolute Gasteiger partial charge is 0.374 e. The van der Waals surface area contributed by atoms with Crippen LogP contribution in [0, 0.1) is 5.92 Å². The Kier molecular flexibility index (Phi) is 7.69. The SMILES string of the molecule is C=C(C(C)C)N(C)C/C=C(/C)CCC=C(C)C. The van der Waals surface area contributed by atoms with Gasteiger partial charge < -0.3 is 4.90 Å². The fourth-order valence-electron chi connectivity index (χ4n) is 1.54. The van der Waals surface area contributed by atoms with Crippen LogP contribution in [0.4, 0.5) is 0 Å². The molecular formula is C16H29N. The van der Waals surface area contributed by atoms with Gasteiger partial charge in [0.15, 0.2) is 0 Å². The average molecular weight is 235 g/mol. The lowest BCUT2D eigenvalue weighted by Gasteiger charge is -2.23. The summed E-state index contributed by atoms with van der Waals surface area (Å²) < 4.78 is 0. The zero-order valence-corrected chi connectivity index (χ0v) is 12.5. The highest BCUT2D eigenvalue weighted by molar-refractivity contribution is 5.05. The Morgan fingerprint density at radius 1 is 1.18 bits per heavy atom. The lowest BCUT2D eigenvalue weighted by molar-refractivity contribution is 0.412. The molecule has 0 N–H and O–H groups in total. The Labute approximate surface area is 108 Å². The van der Waals surface area contributed by atoms with E-state index in [9.17, 15) is 0 Å². The van der Waals surface area contributed by atoms with Gasteiger partial charge in [-0.3, -0.25) is 0 Å². The molecule has 0 amide bonds. The van der Waals surface area contributed by atoms with Crippen LogP contribution in [-0.2, 0) is 0 Å². The molecule has 0 heterocycles. The van der Waals surface area contributed by atoms with Crippen molar-refractivity contribution in [2.75, 3.05) is 13.6 Å². The third kappa shape index (κ3) is 7.84. The minimum absolute atomic E-state index is 0.527. The first-order valence-electron chi connectivity index (χ1n) is 6.53. The maximum absolute atomic E-state index is 4.10. The number of hydrogen-bond donors (Lipinski definition) is 0. The van der Waals surface area contributed by atoms with Crippen molar-refractivity contribution >= 4 is 0 Å². The standard InChI is InChI=1S/C16H29N/c1-13(2)9-8-10-15(5)11-12-17(7)16(6)14(3)4/h9,11,14H,6,8,10,12H2,1-5,7H3/b15-11-. The molecule has 17 heavy (non-hydrogen) atoms. The van der Waals surface area contributed by atoms with Crippen molar-refractivity contribution in [1.29, 1.82) is 0 Å². The van der Waals surface area contributed by atoms with Crippen LogP contribution in [0.2, 0.25) is 0 Å². The van der Waals surface area contributed by atoms with Gasteiger partial charge in [-0.25, -0.2) is 0 Å². The Balaban J connectivity index is 4.06. The first-order chi connectivity index (χ1) is 7.84. The van der Waals surface area contributed by atoms with Gasteiger partial charge in [0.25, 0.3) is 0 Å². The molecule has 1 nitrogen and oxygen atoms in total. The van der Waals surface area contributed by atoms with Gasteiger partial charge in [0.2, 0.25) is 0 Å². The van der Waals surface area contributed by atoms with E-state index in [1.165, 1.54) is 16.8 Å². The topological polar surface area (TPSA) is 3.24 Å². The minimum atomic E-state index is 0.527. The summed E-state index contributed by atoms with van der Waals surface area (Å²) in [6.07, 6.45) is 6.92. The summed E-state index contributed by atoms with van der Waals surface area (Å²) in [5, 5.41) is 0. The van der Waals surface area contributed by atoms with E-state index in [1.807, 2.05) is 0 Å². The second-order valence-electron chi connectivity index (χ2n) is 5.40. The van der Waals surface area contributed by atoms with Crippen LogP contribution in [0.5, 0.6) is 0 Å². The van der Waals surface area contributed by atoms with E-state index in [0.717, 1.165) is 19.4 Å². The number of likely N-dealkylation sites (N-methyl/N-ethyl adjacent to an activating group) is 1. The second-order valence-corrected chi connectivity index (χ2v) is 5.40. The predicted molar refractivity (Wildman–Crippen MR) is 79.0 cm³/mol. The summed E-state index contributed by atoms with van der Waals surface area (Å²) in [6, 6.07) is 0. The van der Waals surface area contributed by atoms with Crippen LogP contribution < -0.4 is 0 Å². The van der Waals surface area contributed by atoms with E-state index in [1.54, 1.807) is 0 Å². The summed E-state index contributed by atoms with van der Waals surface area (Å²) in [5.74, 6) is 0.527. The van der Waals surface area contributed by atoms with Gasteiger partial charge in [0.05, 0.1) is 0 Å². The predicted octanol–water partition coefficient (Wildman–Crippen LogP) is 4.78. The van der Waals surface area contributed by atoms with Gasteiger partial charge in [-0.1, -0.05) is 43.7 Å². The molecule has 0 rings (SSSR count). The highest BCUT2D eigenvalue weighted by atomic mass is 15.1. The van der Waals surface area contributed by atoms with Gasteiger partial charge in [-0.2, -0.15) is 0 Å². The maximum atomic E-state index is 4.10. The Morgan fingerprint density at radius 2 is 1.76 bits per heavy atom. The number of rotatable bonds is 7. The van der Waals surface area contributed by atoms with Crippen LogP contribution in [0.3, 0.4) is 0 Å². The lowest BCUT2D eigenvalue weighted by Crippen LogP contribution is -2.20. The highest BCUT2D eigenvalue weighted by Crippen LogP contribution is 2.12. The van der Waals surface area contributed by atoms with Crippen molar-refractivity contribution < 1.29 is 0 Å². The van der Waals surface area contributed by atoms with Gasteiger partial charge in [0, 0.05) is 19.3 Å². The molecule has 0 aromatic carbocycles. The van der Waals surface area contributed by atoms with E-state index < -0.39 is 0 Å². The van der Waals surface area contributed by atoms with Gasteiger partial charge >= 0.3 is 0 Å². The van der Waals surface area contributed by atoms with Crippen molar-refractivity contribution in [2.45, 2.75) is 47.5 Å². The summed E-state index contributed by atoms with van der Waals surface area (Å²) in [7, 11) is 2.11. The van der Waals surface area contributed by atoms with Crippen molar-refractivity contribution in [2.24, 2.45) is 5.92 Å². The van der Waals surface area contributed by atoms with Crippen LogP contribution >= 0.6 is 0 Å². The van der Waals surface area contributed by atoms with E-state index in [0.29, 0.717) is 5.92 Å². The van der Waals surface area contributed by atoms with Crippen LogP contribution in [0.1, 0.15) is 47.5 Å². The molecule has 0 unspecified atom stereocenters. The maximum Gasteiger partial charge on any atom is 0.0355 e. The number of hydrogen-bond acceptors (Lipinski definition) is 1. The summed E-state index contributed by atoms with van der Waals surface area (Å²) in [4.78, 5) is 2.23. The molecule has 0 radical (unpaired) electrons. The van der Waals surface area contributed by atoms with Crippen molar-refractivity contribution in [1.82, 2.24) is 4.90 Å². The molecule has 0 aromatic rings. The zero-order chi connectivity index (χ0) is 13.4. The molecule has 0 atom stereocenters. The zero-order valence-electron chi connectivity index (χ0n) is 12.5.